The number of carbonyl (C=O) groups is 3. The van der Waals surface area contributed by atoms with Gasteiger partial charge in [-0.25, -0.2) is 9.36 Å². The molecule has 0 heterocycles. The van der Waals surface area contributed by atoms with Crippen molar-refractivity contribution in [3.63, 3.8) is 0 Å². The zero-order valence-corrected chi connectivity index (χ0v) is 35.6. The van der Waals surface area contributed by atoms with Crippen LogP contribution >= 0.6 is 7.82 Å². The molecular formula is C44H76NO10P. The number of carbonyl (C=O) groups excluding carboxylic acids is 2. The Morgan fingerprint density at radius 2 is 1.07 bits per heavy atom. The van der Waals surface area contributed by atoms with E-state index in [-0.39, 0.29) is 6.42 Å². The SMILES string of the molecule is CCCCC/C=C/C/C=C/C/C=C/CCCCCCC(=O)OC[C@H](COP(=O)(O)OC[C@H](N)C(=O)O)OC(=O)/C=C/C=C/CCCCCCCCCCCCC. The zero-order chi connectivity index (χ0) is 41.4. The Balaban J connectivity index is 4.52. The Morgan fingerprint density at radius 1 is 0.607 bits per heavy atom. The summed E-state index contributed by atoms with van der Waals surface area (Å²) in [6.45, 7) is 2.63. The highest BCUT2D eigenvalue weighted by molar-refractivity contribution is 7.47. The third-order valence-corrected chi connectivity index (χ3v) is 9.80. The predicted octanol–water partition coefficient (Wildman–Crippen LogP) is 11.2. The molecule has 12 heteroatoms. The van der Waals surface area contributed by atoms with Crippen LogP contribution in [0.5, 0.6) is 0 Å². The standard InChI is InChI=1S/C44H76NO10P/c1-3-5-7-9-11-13-15-17-19-20-22-23-25-27-29-31-33-35-42(46)52-37-40(38-53-56(50,51)54-39-41(45)44(48)49)55-43(47)36-34-32-30-28-26-24-21-18-16-14-12-10-8-6-4-2/h11,13,17,19,22-23,30,32,34,36,40-41H,3-10,12,14-16,18,20-21,24-29,31,33,35,37-39,45H2,1-2H3,(H,48,49)(H,50,51)/b13-11+,19-17+,23-22+,32-30+,36-34+/t40-,41+/m1/s1. The number of phosphoric ester groups is 1. The molecule has 4 N–H and O–H groups in total. The van der Waals surface area contributed by atoms with E-state index in [0.29, 0.717) is 6.42 Å². The summed E-state index contributed by atoms with van der Waals surface area (Å²) in [6.07, 6.45) is 44.9. The van der Waals surface area contributed by atoms with Crippen LogP contribution in [0.25, 0.3) is 0 Å². The van der Waals surface area contributed by atoms with Crippen LogP contribution in [0.4, 0.5) is 0 Å². The molecular weight excluding hydrogens is 733 g/mol. The molecule has 322 valence electrons. The number of esters is 2. The molecule has 0 aromatic rings. The lowest BCUT2D eigenvalue weighted by molar-refractivity contribution is -0.157. The second-order valence-corrected chi connectivity index (χ2v) is 15.6. The van der Waals surface area contributed by atoms with Crippen LogP contribution in [0.3, 0.4) is 0 Å². The van der Waals surface area contributed by atoms with Crippen molar-refractivity contribution in [2.45, 2.75) is 180 Å². The van der Waals surface area contributed by atoms with Gasteiger partial charge in [0.25, 0.3) is 0 Å². The number of aliphatic carboxylic acids is 1. The number of phosphoric acid groups is 1. The van der Waals surface area contributed by atoms with Crippen LogP contribution in [-0.2, 0) is 37.5 Å². The molecule has 0 aliphatic rings. The minimum atomic E-state index is -4.75. The molecule has 1 unspecified atom stereocenters. The summed E-state index contributed by atoms with van der Waals surface area (Å²) in [5.41, 5.74) is 5.32. The Kier molecular flexibility index (Phi) is 37.1. The molecule has 0 aromatic carbocycles. The van der Waals surface area contributed by atoms with Crippen molar-refractivity contribution in [3.05, 3.63) is 60.8 Å². The Bertz CT molecular complexity index is 1180. The largest absolute Gasteiger partial charge is 0.480 e. The van der Waals surface area contributed by atoms with Crippen LogP contribution in [0, 0.1) is 0 Å². The van der Waals surface area contributed by atoms with E-state index >= 15 is 0 Å². The molecule has 0 fully saturated rings. The molecule has 11 nitrogen and oxygen atoms in total. The molecule has 0 rings (SSSR count). The Labute approximate surface area is 338 Å². The van der Waals surface area contributed by atoms with Gasteiger partial charge in [0.05, 0.1) is 13.2 Å². The van der Waals surface area contributed by atoms with Crippen molar-refractivity contribution in [3.8, 4) is 0 Å². The minimum absolute atomic E-state index is 0.174. The molecule has 0 aliphatic carbocycles. The lowest BCUT2D eigenvalue weighted by Gasteiger charge is -2.19. The van der Waals surface area contributed by atoms with E-state index in [0.717, 1.165) is 57.8 Å². The number of carboxylic acids is 1. The van der Waals surface area contributed by atoms with Gasteiger partial charge in [0.2, 0.25) is 0 Å². The summed E-state index contributed by atoms with van der Waals surface area (Å²) in [4.78, 5) is 45.8. The highest BCUT2D eigenvalue weighted by Gasteiger charge is 2.27. The monoisotopic (exact) mass is 810 g/mol. The molecule has 56 heavy (non-hydrogen) atoms. The van der Waals surface area contributed by atoms with Crippen LogP contribution in [-0.4, -0.2) is 59.9 Å². The molecule has 0 aliphatic heterocycles. The van der Waals surface area contributed by atoms with Crippen LogP contribution in [0.1, 0.15) is 168 Å². The topological polar surface area (TPSA) is 172 Å². The Hall–Kier alpha value is -2.82. The average Bonchev–Trinajstić information content (AvgIpc) is 3.17. The van der Waals surface area contributed by atoms with E-state index in [1.54, 1.807) is 12.2 Å². The van der Waals surface area contributed by atoms with Gasteiger partial charge in [-0.15, -0.1) is 0 Å². The highest BCUT2D eigenvalue weighted by Crippen LogP contribution is 2.43. The number of ether oxygens (including phenoxy) is 2. The molecule has 0 bridgehead atoms. The maximum Gasteiger partial charge on any atom is 0.472 e. The van der Waals surface area contributed by atoms with E-state index in [2.05, 4.69) is 54.8 Å². The van der Waals surface area contributed by atoms with Crippen LogP contribution < -0.4 is 5.73 Å². The lowest BCUT2D eigenvalue weighted by Crippen LogP contribution is -2.34. The van der Waals surface area contributed by atoms with Gasteiger partial charge in [-0.2, -0.15) is 0 Å². The minimum Gasteiger partial charge on any atom is -0.480 e. The number of hydrogen-bond acceptors (Lipinski definition) is 9. The van der Waals surface area contributed by atoms with E-state index in [1.807, 2.05) is 6.08 Å². The first kappa shape index (κ1) is 53.2. The summed E-state index contributed by atoms with van der Waals surface area (Å²) in [5.74, 6) is -2.67. The van der Waals surface area contributed by atoms with Crippen molar-refractivity contribution in [2.24, 2.45) is 5.73 Å². The molecule has 0 saturated carbocycles. The maximum absolute atomic E-state index is 12.5. The van der Waals surface area contributed by atoms with E-state index < -0.39 is 57.7 Å². The zero-order valence-electron chi connectivity index (χ0n) is 34.7. The summed E-state index contributed by atoms with van der Waals surface area (Å²) >= 11 is 0. The molecule has 0 radical (unpaired) electrons. The first-order valence-corrected chi connectivity index (χ1v) is 22.9. The third-order valence-electron chi connectivity index (χ3n) is 8.85. The van der Waals surface area contributed by atoms with Gasteiger partial charge in [0.1, 0.15) is 12.6 Å². The smallest absolute Gasteiger partial charge is 0.472 e. The van der Waals surface area contributed by atoms with Crippen molar-refractivity contribution in [2.75, 3.05) is 19.8 Å². The van der Waals surface area contributed by atoms with Gasteiger partial charge < -0.3 is 25.2 Å². The van der Waals surface area contributed by atoms with Crippen LogP contribution in [0.2, 0.25) is 0 Å². The summed E-state index contributed by atoms with van der Waals surface area (Å²) in [6, 6.07) is -1.54. The summed E-state index contributed by atoms with van der Waals surface area (Å²) in [5, 5.41) is 8.88. The van der Waals surface area contributed by atoms with Crippen molar-refractivity contribution < 1.29 is 47.5 Å². The van der Waals surface area contributed by atoms with Gasteiger partial charge in [-0.05, 0) is 57.8 Å². The number of nitrogens with two attached hydrogens (primary N) is 1. The third kappa shape index (κ3) is 38.1. The van der Waals surface area contributed by atoms with Crippen molar-refractivity contribution in [1.82, 2.24) is 0 Å². The number of carboxylic acid groups (broad SMARTS) is 1. The van der Waals surface area contributed by atoms with Crippen molar-refractivity contribution in [1.29, 1.82) is 0 Å². The first-order chi connectivity index (χ1) is 27.1. The van der Waals surface area contributed by atoms with Gasteiger partial charge in [0, 0.05) is 12.5 Å². The predicted molar refractivity (Wildman–Crippen MR) is 226 cm³/mol. The molecule has 0 saturated heterocycles. The van der Waals surface area contributed by atoms with Crippen LogP contribution in [0.15, 0.2) is 60.8 Å². The number of allylic oxidation sites excluding steroid dienone is 9. The van der Waals surface area contributed by atoms with E-state index in [1.165, 1.54) is 89.5 Å². The fourth-order valence-corrected chi connectivity index (χ4v) is 6.23. The molecule has 0 amide bonds. The molecule has 0 spiro atoms. The molecule has 0 aromatic heterocycles. The van der Waals surface area contributed by atoms with E-state index in [9.17, 15) is 23.8 Å². The maximum atomic E-state index is 12.5. The fourth-order valence-electron chi connectivity index (χ4n) is 5.45. The number of unbranched alkanes of at least 4 members (excludes halogenated alkanes) is 18. The van der Waals surface area contributed by atoms with E-state index in [4.69, 9.17) is 24.8 Å². The number of hydrogen-bond donors (Lipinski definition) is 3. The fraction of sp³-hybridized carbons (Fsp3) is 0.705. The van der Waals surface area contributed by atoms with Gasteiger partial charge in [-0.1, -0.05) is 158 Å². The van der Waals surface area contributed by atoms with Gasteiger partial charge in [-0.3, -0.25) is 18.6 Å². The summed E-state index contributed by atoms with van der Waals surface area (Å²) < 4.78 is 32.4. The lowest BCUT2D eigenvalue weighted by atomic mass is 10.1. The normalized spacial score (nSPS) is 14.4. The second-order valence-electron chi connectivity index (χ2n) is 14.2. The summed E-state index contributed by atoms with van der Waals surface area (Å²) in [7, 11) is -4.75. The van der Waals surface area contributed by atoms with Crippen molar-refractivity contribution >= 4 is 25.7 Å². The molecule has 3 atom stereocenters. The first-order valence-electron chi connectivity index (χ1n) is 21.4. The van der Waals surface area contributed by atoms with Gasteiger partial charge in [0.15, 0.2) is 6.10 Å². The highest BCUT2D eigenvalue weighted by atomic mass is 31.2. The second kappa shape index (κ2) is 39.0. The average molecular weight is 810 g/mol. The quantitative estimate of drug-likeness (QED) is 0.0135. The number of rotatable bonds is 39. The Morgan fingerprint density at radius 3 is 1.64 bits per heavy atom. The van der Waals surface area contributed by atoms with Gasteiger partial charge >= 0.3 is 25.7 Å².